The van der Waals surface area contributed by atoms with Crippen LogP contribution in [0.4, 0.5) is 0 Å². The van der Waals surface area contributed by atoms with Crippen molar-refractivity contribution in [2.75, 3.05) is 0 Å². The van der Waals surface area contributed by atoms with Crippen LogP contribution in [-0.4, -0.2) is 25.5 Å². The molecule has 0 spiro atoms. The summed E-state index contributed by atoms with van der Waals surface area (Å²) in [5.74, 6) is -1.09. The normalized spacial score (nSPS) is 12.0. The lowest BCUT2D eigenvalue weighted by atomic mass is 10.1. The lowest BCUT2D eigenvalue weighted by molar-refractivity contribution is -0.155. The monoisotopic (exact) mass is 393 g/mol. The molecule has 3 heterocycles. The molecule has 0 amide bonds. The van der Waals surface area contributed by atoms with E-state index in [2.05, 4.69) is 0 Å². The van der Waals surface area contributed by atoms with Crippen molar-refractivity contribution >= 4 is 22.7 Å². The third kappa shape index (κ3) is 3.55. The minimum Gasteiger partial charge on any atom is -0.459 e. The number of ether oxygens (including phenoxy) is 1. The smallest absolute Gasteiger partial charge is 0.420 e. The number of carbonyl (C=O) groups is 1. The summed E-state index contributed by atoms with van der Waals surface area (Å²) < 4.78 is 14.0. The number of aryl methyl sites for hydroxylation is 2. The Balaban J connectivity index is 1.79. The zero-order chi connectivity index (χ0) is 20.9. The van der Waals surface area contributed by atoms with E-state index >= 15 is 0 Å². The maximum atomic E-state index is 12.3. The van der Waals surface area contributed by atoms with E-state index in [1.54, 1.807) is 26.8 Å². The van der Waals surface area contributed by atoms with E-state index in [4.69, 9.17) is 14.1 Å². The molecule has 7 heteroatoms. The van der Waals surface area contributed by atoms with Crippen molar-refractivity contribution < 1.29 is 13.9 Å². The Morgan fingerprint density at radius 3 is 2.66 bits per heavy atom. The van der Waals surface area contributed by atoms with Gasteiger partial charge >= 0.3 is 11.7 Å². The summed E-state index contributed by atoms with van der Waals surface area (Å²) in [6.45, 7) is 9.16. The number of pyridine rings is 1. The molecule has 0 N–H and O–H groups in total. The number of fused-ring (bicyclic) bond motifs is 2. The van der Waals surface area contributed by atoms with Crippen molar-refractivity contribution in [1.82, 2.24) is 14.0 Å². The first kappa shape index (κ1) is 19.0. The second-order valence-electron chi connectivity index (χ2n) is 8.20. The Morgan fingerprint density at radius 1 is 1.17 bits per heavy atom. The molecule has 150 valence electrons. The maximum absolute atomic E-state index is 12.3. The second-order valence-corrected chi connectivity index (χ2v) is 8.20. The summed E-state index contributed by atoms with van der Waals surface area (Å²) in [5, 5.41) is 0. The van der Waals surface area contributed by atoms with Gasteiger partial charge in [-0.2, -0.15) is 0 Å². The minimum atomic E-state index is -0.628. The zero-order valence-electron chi connectivity index (χ0n) is 17.1. The van der Waals surface area contributed by atoms with Crippen molar-refractivity contribution in [2.45, 2.75) is 46.8 Å². The van der Waals surface area contributed by atoms with Gasteiger partial charge < -0.3 is 13.6 Å². The van der Waals surface area contributed by atoms with Gasteiger partial charge in [0.05, 0.1) is 11.2 Å². The Morgan fingerprint density at radius 2 is 1.93 bits per heavy atom. The number of rotatable bonds is 3. The van der Waals surface area contributed by atoms with Gasteiger partial charge in [0.2, 0.25) is 0 Å². The molecule has 0 saturated heterocycles. The Bertz CT molecular complexity index is 1300. The van der Waals surface area contributed by atoms with Gasteiger partial charge in [0.1, 0.15) is 17.8 Å². The zero-order valence-corrected chi connectivity index (χ0v) is 17.1. The van der Waals surface area contributed by atoms with Crippen LogP contribution in [0, 0.1) is 13.8 Å². The van der Waals surface area contributed by atoms with Crippen LogP contribution in [0.1, 0.15) is 32.0 Å². The second kappa shape index (κ2) is 6.62. The molecule has 1 aromatic carbocycles. The third-order valence-electron chi connectivity index (χ3n) is 4.67. The molecule has 0 saturated carbocycles. The highest BCUT2D eigenvalue weighted by Gasteiger charge is 2.20. The van der Waals surface area contributed by atoms with E-state index in [1.165, 1.54) is 4.57 Å². The summed E-state index contributed by atoms with van der Waals surface area (Å²) in [4.78, 5) is 29.3. The number of esters is 1. The lowest BCUT2D eigenvalue weighted by Crippen LogP contribution is -2.29. The molecule has 0 unspecified atom stereocenters. The molecule has 4 rings (SSSR count). The van der Waals surface area contributed by atoms with E-state index < -0.39 is 17.3 Å². The fourth-order valence-electron chi connectivity index (χ4n) is 3.40. The molecule has 7 nitrogen and oxygen atoms in total. The van der Waals surface area contributed by atoms with Crippen LogP contribution in [0.15, 0.2) is 45.7 Å². The van der Waals surface area contributed by atoms with Gasteiger partial charge in [0.25, 0.3) is 0 Å². The molecule has 0 atom stereocenters. The highest BCUT2D eigenvalue weighted by atomic mass is 16.6. The molecule has 0 aliphatic heterocycles. The first-order valence-corrected chi connectivity index (χ1v) is 9.43. The van der Waals surface area contributed by atoms with E-state index in [0.29, 0.717) is 11.1 Å². The first-order valence-electron chi connectivity index (χ1n) is 9.43. The van der Waals surface area contributed by atoms with Gasteiger partial charge in [0, 0.05) is 17.5 Å². The number of aromatic nitrogens is 3. The number of carbonyl (C=O) groups excluding carboxylic acids is 1. The summed E-state index contributed by atoms with van der Waals surface area (Å²) in [5.41, 5.74) is 4.96. The standard InChI is InChI=1S/C22H23N3O4/c1-13-8-9-24-14(2)20(23-18(24)10-13)15-6-7-17-16(11-15)25(21(27)28-17)12-19(26)29-22(3,4)5/h6-11H,12H2,1-5H3. The average molecular weight is 393 g/mol. The largest absolute Gasteiger partial charge is 0.459 e. The van der Waals surface area contributed by atoms with Crippen LogP contribution >= 0.6 is 0 Å². The van der Waals surface area contributed by atoms with Gasteiger partial charge in [-0.25, -0.2) is 9.78 Å². The van der Waals surface area contributed by atoms with Crippen LogP contribution in [-0.2, 0) is 16.1 Å². The number of nitrogens with zero attached hydrogens (tertiary/aromatic N) is 3. The molecule has 0 fully saturated rings. The predicted octanol–water partition coefficient (Wildman–Crippen LogP) is 3.87. The van der Waals surface area contributed by atoms with Crippen LogP contribution in [0.3, 0.4) is 0 Å². The highest BCUT2D eigenvalue weighted by molar-refractivity contribution is 5.82. The van der Waals surface area contributed by atoms with Crippen molar-refractivity contribution in [2.24, 2.45) is 0 Å². The topological polar surface area (TPSA) is 78.7 Å². The van der Waals surface area contributed by atoms with Crippen molar-refractivity contribution in [1.29, 1.82) is 0 Å². The van der Waals surface area contributed by atoms with Crippen molar-refractivity contribution in [3.63, 3.8) is 0 Å². The summed E-state index contributed by atoms with van der Waals surface area (Å²) >= 11 is 0. The van der Waals surface area contributed by atoms with Crippen LogP contribution < -0.4 is 5.76 Å². The van der Waals surface area contributed by atoms with Crippen LogP contribution in [0.5, 0.6) is 0 Å². The Hall–Kier alpha value is -3.35. The number of imidazole rings is 1. The fourth-order valence-corrected chi connectivity index (χ4v) is 3.40. The lowest BCUT2D eigenvalue weighted by Gasteiger charge is -2.19. The van der Waals surface area contributed by atoms with Crippen LogP contribution in [0.25, 0.3) is 28.0 Å². The van der Waals surface area contributed by atoms with Crippen LogP contribution in [0.2, 0.25) is 0 Å². The first-order chi connectivity index (χ1) is 13.6. The molecular weight excluding hydrogens is 370 g/mol. The predicted molar refractivity (Wildman–Crippen MR) is 110 cm³/mol. The molecule has 0 aliphatic carbocycles. The van der Waals surface area contributed by atoms with E-state index in [0.717, 1.165) is 28.2 Å². The van der Waals surface area contributed by atoms with E-state index in [1.807, 2.05) is 48.7 Å². The molecular formula is C22H23N3O4. The average Bonchev–Trinajstić information content (AvgIpc) is 3.10. The quantitative estimate of drug-likeness (QED) is 0.494. The molecule has 0 radical (unpaired) electrons. The number of benzene rings is 1. The molecule has 3 aromatic heterocycles. The van der Waals surface area contributed by atoms with Gasteiger partial charge in [0.15, 0.2) is 5.58 Å². The Kier molecular flexibility index (Phi) is 4.33. The summed E-state index contributed by atoms with van der Waals surface area (Å²) in [6, 6.07) is 9.47. The van der Waals surface area contributed by atoms with E-state index in [-0.39, 0.29) is 6.54 Å². The summed E-state index contributed by atoms with van der Waals surface area (Å²) in [6.07, 6.45) is 1.99. The summed E-state index contributed by atoms with van der Waals surface area (Å²) in [7, 11) is 0. The van der Waals surface area contributed by atoms with Gasteiger partial charge in [-0.05, 0) is 70.5 Å². The molecule has 0 bridgehead atoms. The third-order valence-corrected chi connectivity index (χ3v) is 4.67. The highest BCUT2D eigenvalue weighted by Crippen LogP contribution is 2.27. The van der Waals surface area contributed by atoms with Gasteiger partial charge in [-0.3, -0.25) is 9.36 Å². The number of oxazole rings is 1. The van der Waals surface area contributed by atoms with Gasteiger partial charge in [-0.1, -0.05) is 0 Å². The number of hydrogen-bond donors (Lipinski definition) is 0. The molecule has 29 heavy (non-hydrogen) atoms. The fraction of sp³-hybridized carbons (Fsp3) is 0.318. The van der Waals surface area contributed by atoms with Crippen molar-refractivity contribution in [3.8, 4) is 11.3 Å². The Labute approximate surface area is 167 Å². The number of hydrogen-bond acceptors (Lipinski definition) is 5. The molecule has 0 aliphatic rings. The maximum Gasteiger partial charge on any atom is 0.420 e. The molecule has 4 aromatic rings. The van der Waals surface area contributed by atoms with Crippen molar-refractivity contribution in [3.05, 3.63) is 58.3 Å². The van der Waals surface area contributed by atoms with E-state index in [9.17, 15) is 9.59 Å². The SMILES string of the molecule is Cc1ccn2c(C)c(-c3ccc4oc(=O)n(CC(=O)OC(C)(C)C)c4c3)nc2c1. The van der Waals surface area contributed by atoms with Gasteiger partial charge in [-0.15, -0.1) is 0 Å². The minimum absolute atomic E-state index is 0.212.